The van der Waals surface area contributed by atoms with E-state index in [-0.39, 0.29) is 10.9 Å². The van der Waals surface area contributed by atoms with Gasteiger partial charge in [0.25, 0.3) is 0 Å². The molecule has 0 amide bonds. The lowest BCUT2D eigenvalue weighted by Crippen LogP contribution is -2.31. The molecule has 0 bridgehead atoms. The molecule has 0 aromatic carbocycles. The Kier molecular flexibility index (Phi) is 4.08. The monoisotopic (exact) mass is 194 g/mol. The molecular formula is C10H20B2O2. The van der Waals surface area contributed by atoms with Crippen LogP contribution in [0.2, 0.25) is 18.0 Å². The van der Waals surface area contributed by atoms with Crippen molar-refractivity contribution < 1.29 is 9.69 Å². The van der Waals surface area contributed by atoms with E-state index in [1.165, 1.54) is 25.5 Å². The van der Waals surface area contributed by atoms with Crippen LogP contribution in [-0.4, -0.2) is 20.4 Å². The van der Waals surface area contributed by atoms with Gasteiger partial charge in [-0.15, -0.1) is 0 Å². The third kappa shape index (κ3) is 3.03. The Morgan fingerprint density at radius 1 is 1.00 bits per heavy atom. The highest BCUT2D eigenvalue weighted by molar-refractivity contribution is 6.36. The first-order chi connectivity index (χ1) is 6.46. The van der Waals surface area contributed by atoms with Crippen LogP contribution in [0.15, 0.2) is 0 Å². The first kappa shape index (κ1) is 12.1. The van der Waals surface area contributed by atoms with E-state index in [1.807, 2.05) is 13.8 Å². The summed E-state index contributed by atoms with van der Waals surface area (Å²) in [6.07, 6.45) is 5.64. The lowest BCUT2D eigenvalue weighted by atomic mass is 9.59. The van der Waals surface area contributed by atoms with Gasteiger partial charge in [-0.3, -0.25) is 0 Å². The molecule has 2 heterocycles. The minimum absolute atomic E-state index is 0.0208. The van der Waals surface area contributed by atoms with Gasteiger partial charge in [0.1, 0.15) is 7.28 Å². The molecule has 2 rings (SSSR count). The molecule has 0 saturated carbocycles. The maximum Gasteiger partial charge on any atom is 0.353 e. The normalized spacial score (nSPS) is 27.1. The third-order valence-electron chi connectivity index (χ3n) is 3.22. The highest BCUT2D eigenvalue weighted by Crippen LogP contribution is 2.44. The summed E-state index contributed by atoms with van der Waals surface area (Å²) >= 11 is 0. The maximum atomic E-state index is 5.00. The van der Waals surface area contributed by atoms with E-state index >= 15 is 0 Å². The van der Waals surface area contributed by atoms with Gasteiger partial charge >= 0.3 is 7.48 Å². The summed E-state index contributed by atoms with van der Waals surface area (Å²) in [6, 6.07) is 0. The average Bonchev–Trinajstić information content (AvgIpc) is 2.64. The van der Waals surface area contributed by atoms with Crippen molar-refractivity contribution in [2.45, 2.75) is 64.1 Å². The predicted molar refractivity (Wildman–Crippen MR) is 60.6 cm³/mol. The predicted octanol–water partition coefficient (Wildman–Crippen LogP) is 2.87. The van der Waals surface area contributed by atoms with Gasteiger partial charge in [0.2, 0.25) is 0 Å². The van der Waals surface area contributed by atoms with E-state index in [4.69, 9.17) is 9.69 Å². The summed E-state index contributed by atoms with van der Waals surface area (Å²) in [6.45, 7) is 8.19. The molecule has 0 aliphatic carbocycles. The van der Waals surface area contributed by atoms with Crippen molar-refractivity contribution in [1.29, 1.82) is 0 Å². The second-order valence-electron chi connectivity index (χ2n) is 5.10. The zero-order chi connectivity index (χ0) is 10.7. The van der Waals surface area contributed by atoms with Crippen LogP contribution in [0.1, 0.15) is 40.5 Å². The fourth-order valence-corrected chi connectivity index (χ4v) is 1.24. The minimum atomic E-state index is -0.188. The molecule has 0 aromatic rings. The van der Waals surface area contributed by atoms with E-state index < -0.39 is 0 Å². The van der Waals surface area contributed by atoms with Crippen LogP contribution in [0, 0.1) is 0 Å². The van der Waals surface area contributed by atoms with Crippen LogP contribution in [0.3, 0.4) is 0 Å². The second-order valence-corrected chi connectivity index (χ2v) is 5.10. The zero-order valence-corrected chi connectivity index (χ0v) is 9.80. The highest BCUT2D eigenvalue weighted by atomic mass is 17.2. The molecule has 2 radical (unpaired) electrons. The molecule has 0 aromatic heterocycles. The molecule has 2 aliphatic rings. The SMILES string of the molecule is CC1(C)[B]OOC1(C)C.[B]1CCCC1. The van der Waals surface area contributed by atoms with Gasteiger partial charge in [-0.2, -0.15) is 0 Å². The summed E-state index contributed by atoms with van der Waals surface area (Å²) in [5.74, 6) is 0. The Hall–Kier alpha value is 0.0499. The summed E-state index contributed by atoms with van der Waals surface area (Å²) in [7, 11) is 4.09. The highest BCUT2D eigenvalue weighted by Gasteiger charge is 2.46. The molecule has 2 fully saturated rings. The van der Waals surface area contributed by atoms with Crippen molar-refractivity contribution in [2.75, 3.05) is 0 Å². The van der Waals surface area contributed by atoms with Crippen molar-refractivity contribution in [2.24, 2.45) is 0 Å². The Morgan fingerprint density at radius 3 is 1.71 bits per heavy atom. The molecule has 4 heteroatoms. The van der Waals surface area contributed by atoms with Crippen molar-refractivity contribution >= 4 is 14.8 Å². The lowest BCUT2D eigenvalue weighted by Gasteiger charge is -2.28. The zero-order valence-electron chi connectivity index (χ0n) is 9.80. The molecular weight excluding hydrogens is 174 g/mol. The number of hydrogen-bond acceptors (Lipinski definition) is 2. The standard InChI is InChI=1S/C6H12BO2.C4H8B/c1-5(2)6(3,4)8-9-7-5;1-2-4-5-3-1/h1-4H3;1-4H2. The van der Waals surface area contributed by atoms with Crippen LogP contribution in [0.4, 0.5) is 0 Å². The van der Waals surface area contributed by atoms with Gasteiger partial charge in [-0.1, -0.05) is 39.3 Å². The van der Waals surface area contributed by atoms with Crippen molar-refractivity contribution in [3.63, 3.8) is 0 Å². The third-order valence-corrected chi connectivity index (χ3v) is 3.22. The Morgan fingerprint density at radius 2 is 1.57 bits per heavy atom. The Balaban J connectivity index is 0.000000165. The Bertz CT molecular complexity index is 155. The summed E-state index contributed by atoms with van der Waals surface area (Å²) in [5.41, 5.74) is -0.188. The molecule has 2 saturated heterocycles. The molecule has 0 spiro atoms. The van der Waals surface area contributed by atoms with E-state index in [0.29, 0.717) is 0 Å². The maximum absolute atomic E-state index is 5.00. The van der Waals surface area contributed by atoms with Crippen LogP contribution < -0.4 is 0 Å². The second kappa shape index (κ2) is 4.71. The van der Waals surface area contributed by atoms with Gasteiger partial charge in [0.05, 0.1) is 5.60 Å². The largest absolute Gasteiger partial charge is 0.353 e. The molecule has 14 heavy (non-hydrogen) atoms. The first-order valence-corrected chi connectivity index (χ1v) is 5.46. The van der Waals surface area contributed by atoms with Crippen LogP contribution in [0.25, 0.3) is 0 Å². The summed E-state index contributed by atoms with van der Waals surface area (Å²) < 4.78 is 0. The molecule has 78 valence electrons. The molecule has 0 unspecified atom stereocenters. The first-order valence-electron chi connectivity index (χ1n) is 5.46. The summed E-state index contributed by atoms with van der Waals surface area (Å²) in [5, 5.41) is 0.0208. The fraction of sp³-hybridized carbons (Fsp3) is 1.00. The molecule has 2 aliphatic heterocycles. The average molecular weight is 194 g/mol. The number of rotatable bonds is 0. The van der Waals surface area contributed by atoms with Crippen LogP contribution in [-0.2, 0) is 9.69 Å². The van der Waals surface area contributed by atoms with Gasteiger partial charge < -0.3 is 4.81 Å². The van der Waals surface area contributed by atoms with Gasteiger partial charge in [0, 0.05) is 5.31 Å². The van der Waals surface area contributed by atoms with Crippen LogP contribution >= 0.6 is 0 Å². The smallest absolute Gasteiger partial charge is 0.310 e. The van der Waals surface area contributed by atoms with E-state index in [0.717, 1.165) is 0 Å². The van der Waals surface area contributed by atoms with Crippen molar-refractivity contribution in [3.05, 3.63) is 0 Å². The van der Waals surface area contributed by atoms with Crippen molar-refractivity contribution in [1.82, 2.24) is 0 Å². The fourth-order valence-electron chi connectivity index (χ4n) is 1.24. The topological polar surface area (TPSA) is 18.5 Å². The van der Waals surface area contributed by atoms with E-state index in [1.54, 1.807) is 7.48 Å². The summed E-state index contributed by atoms with van der Waals surface area (Å²) in [4.78, 5) is 9.75. The minimum Gasteiger partial charge on any atom is -0.310 e. The van der Waals surface area contributed by atoms with E-state index in [9.17, 15) is 0 Å². The molecule has 2 nitrogen and oxygen atoms in total. The number of hydrogen-bond donors (Lipinski definition) is 0. The van der Waals surface area contributed by atoms with Crippen molar-refractivity contribution in [3.8, 4) is 0 Å². The van der Waals surface area contributed by atoms with Gasteiger partial charge in [0.15, 0.2) is 0 Å². The lowest BCUT2D eigenvalue weighted by molar-refractivity contribution is -0.260. The molecule has 0 N–H and O–H groups in total. The van der Waals surface area contributed by atoms with Gasteiger partial charge in [-0.25, -0.2) is 4.89 Å². The molecule has 0 atom stereocenters. The van der Waals surface area contributed by atoms with Crippen LogP contribution in [0.5, 0.6) is 0 Å². The van der Waals surface area contributed by atoms with E-state index in [2.05, 4.69) is 21.1 Å². The van der Waals surface area contributed by atoms with Gasteiger partial charge in [-0.05, 0) is 13.8 Å². The quantitative estimate of drug-likeness (QED) is 0.435. The Labute approximate surface area is 89.2 Å².